The number of carbonyl (C=O) groups excluding carboxylic acids is 1. The van der Waals surface area contributed by atoms with Crippen molar-refractivity contribution in [1.82, 2.24) is 9.80 Å². The molecule has 118 valence electrons. The standard InChI is InChI=1S/C17H29N3O/c18-16-12-2-1-3-13(16)11-14(10-12)17(21)20-8-6-19(7-9-20)15-4-5-15/h12-16H,1-11,18H2. The van der Waals surface area contributed by atoms with Gasteiger partial charge in [-0.1, -0.05) is 6.42 Å². The first-order chi connectivity index (χ1) is 10.2. The van der Waals surface area contributed by atoms with Crippen molar-refractivity contribution < 1.29 is 4.79 Å². The lowest BCUT2D eigenvalue weighted by atomic mass is 9.65. The zero-order valence-electron chi connectivity index (χ0n) is 13.0. The second-order valence-electron chi connectivity index (χ2n) is 7.79. The monoisotopic (exact) mass is 291 g/mol. The fourth-order valence-corrected chi connectivity index (χ4v) is 5.00. The van der Waals surface area contributed by atoms with E-state index in [0.29, 0.717) is 23.8 Å². The van der Waals surface area contributed by atoms with Crippen molar-refractivity contribution >= 4 is 5.91 Å². The van der Waals surface area contributed by atoms with Crippen LogP contribution in [0.4, 0.5) is 0 Å². The molecular formula is C17H29N3O. The number of amides is 1. The Balaban J connectivity index is 1.34. The minimum atomic E-state index is 0.271. The molecule has 1 saturated heterocycles. The molecule has 2 atom stereocenters. The summed E-state index contributed by atoms with van der Waals surface area (Å²) < 4.78 is 0. The third-order valence-corrected chi connectivity index (χ3v) is 6.45. The van der Waals surface area contributed by atoms with Gasteiger partial charge < -0.3 is 10.6 Å². The molecule has 1 heterocycles. The molecule has 4 nitrogen and oxygen atoms in total. The first kappa shape index (κ1) is 14.0. The predicted octanol–water partition coefficient (Wildman–Crippen LogP) is 1.45. The van der Waals surface area contributed by atoms with Gasteiger partial charge in [-0.2, -0.15) is 0 Å². The molecule has 1 amide bonds. The van der Waals surface area contributed by atoms with E-state index in [0.717, 1.165) is 45.1 Å². The zero-order chi connectivity index (χ0) is 14.4. The summed E-state index contributed by atoms with van der Waals surface area (Å²) in [5.74, 6) is 1.93. The lowest BCUT2D eigenvalue weighted by Gasteiger charge is -2.45. The molecule has 1 aliphatic heterocycles. The van der Waals surface area contributed by atoms with E-state index in [1.807, 2.05) is 0 Å². The summed E-state index contributed by atoms with van der Waals surface area (Å²) in [6.07, 6.45) is 8.67. The third kappa shape index (κ3) is 2.72. The van der Waals surface area contributed by atoms with Crippen LogP contribution in [-0.4, -0.2) is 54.0 Å². The van der Waals surface area contributed by atoms with Crippen LogP contribution in [0.2, 0.25) is 0 Å². The Hall–Kier alpha value is -0.610. The maximum absolute atomic E-state index is 12.8. The Morgan fingerprint density at radius 1 is 0.905 bits per heavy atom. The largest absolute Gasteiger partial charge is 0.340 e. The molecule has 21 heavy (non-hydrogen) atoms. The van der Waals surface area contributed by atoms with Crippen LogP contribution >= 0.6 is 0 Å². The van der Waals surface area contributed by atoms with Crippen molar-refractivity contribution in [2.45, 2.75) is 57.0 Å². The van der Waals surface area contributed by atoms with Gasteiger partial charge in [-0.3, -0.25) is 9.69 Å². The zero-order valence-corrected chi connectivity index (χ0v) is 13.0. The first-order valence-electron chi connectivity index (χ1n) is 9.01. The van der Waals surface area contributed by atoms with Crippen molar-refractivity contribution in [2.24, 2.45) is 23.5 Å². The van der Waals surface area contributed by atoms with Crippen molar-refractivity contribution in [3.63, 3.8) is 0 Å². The number of hydrogen-bond acceptors (Lipinski definition) is 3. The summed E-state index contributed by atoms with van der Waals surface area (Å²) in [7, 11) is 0. The Morgan fingerprint density at radius 2 is 1.52 bits per heavy atom. The number of carbonyl (C=O) groups is 1. The lowest BCUT2D eigenvalue weighted by molar-refractivity contribution is -0.140. The summed E-state index contributed by atoms with van der Waals surface area (Å²) >= 11 is 0. The highest BCUT2D eigenvalue weighted by Gasteiger charge is 2.42. The van der Waals surface area contributed by atoms with Crippen LogP contribution in [0.25, 0.3) is 0 Å². The number of piperazine rings is 1. The van der Waals surface area contributed by atoms with E-state index < -0.39 is 0 Å². The van der Waals surface area contributed by atoms with Crippen molar-refractivity contribution in [2.75, 3.05) is 26.2 Å². The molecule has 2 bridgehead atoms. The molecule has 3 aliphatic carbocycles. The van der Waals surface area contributed by atoms with Gasteiger partial charge in [-0.05, 0) is 50.4 Å². The average Bonchev–Trinajstić information content (AvgIpc) is 3.31. The van der Waals surface area contributed by atoms with E-state index in [2.05, 4.69) is 9.80 Å². The van der Waals surface area contributed by atoms with Crippen LogP contribution in [0.15, 0.2) is 0 Å². The number of nitrogens with zero attached hydrogens (tertiary/aromatic N) is 2. The third-order valence-electron chi connectivity index (χ3n) is 6.45. The van der Waals surface area contributed by atoms with Crippen molar-refractivity contribution in [1.29, 1.82) is 0 Å². The van der Waals surface area contributed by atoms with Crippen LogP contribution in [0.1, 0.15) is 44.9 Å². The molecule has 2 unspecified atom stereocenters. The molecule has 0 spiro atoms. The van der Waals surface area contributed by atoms with E-state index in [9.17, 15) is 4.79 Å². The number of fused-ring (bicyclic) bond motifs is 2. The fraction of sp³-hybridized carbons (Fsp3) is 0.941. The molecule has 4 heteroatoms. The molecule has 4 fully saturated rings. The smallest absolute Gasteiger partial charge is 0.225 e. The van der Waals surface area contributed by atoms with Gasteiger partial charge in [0.05, 0.1) is 0 Å². The Morgan fingerprint density at radius 3 is 2.10 bits per heavy atom. The number of hydrogen-bond donors (Lipinski definition) is 1. The maximum Gasteiger partial charge on any atom is 0.225 e. The summed E-state index contributed by atoms with van der Waals surface area (Å²) in [5, 5.41) is 0. The van der Waals surface area contributed by atoms with Gasteiger partial charge in [0.2, 0.25) is 5.91 Å². The molecule has 3 saturated carbocycles. The van der Waals surface area contributed by atoms with E-state index in [4.69, 9.17) is 5.73 Å². The van der Waals surface area contributed by atoms with Crippen molar-refractivity contribution in [3.05, 3.63) is 0 Å². The molecule has 4 rings (SSSR count). The second-order valence-corrected chi connectivity index (χ2v) is 7.79. The maximum atomic E-state index is 12.8. The van der Waals surface area contributed by atoms with Crippen LogP contribution in [0.3, 0.4) is 0 Å². The molecule has 4 aliphatic rings. The normalized spacial score (nSPS) is 41.1. The molecular weight excluding hydrogens is 262 g/mol. The Labute approximate surface area is 128 Å². The SMILES string of the molecule is NC1C2CCCC1CC(C(=O)N1CCN(C3CC3)CC1)C2. The highest BCUT2D eigenvalue weighted by atomic mass is 16.2. The van der Waals surface area contributed by atoms with E-state index in [-0.39, 0.29) is 5.92 Å². The lowest BCUT2D eigenvalue weighted by Crippen LogP contribution is -2.54. The highest BCUT2D eigenvalue weighted by molar-refractivity contribution is 5.79. The quantitative estimate of drug-likeness (QED) is 0.838. The fourth-order valence-electron chi connectivity index (χ4n) is 5.00. The summed E-state index contributed by atoms with van der Waals surface area (Å²) in [4.78, 5) is 17.6. The summed E-state index contributed by atoms with van der Waals surface area (Å²) in [5.41, 5.74) is 6.35. The van der Waals surface area contributed by atoms with Crippen LogP contribution < -0.4 is 5.73 Å². The van der Waals surface area contributed by atoms with Crippen LogP contribution in [0, 0.1) is 17.8 Å². The van der Waals surface area contributed by atoms with E-state index in [1.54, 1.807) is 0 Å². The van der Waals surface area contributed by atoms with Gasteiger partial charge in [0.1, 0.15) is 0 Å². The van der Waals surface area contributed by atoms with Gasteiger partial charge >= 0.3 is 0 Å². The van der Waals surface area contributed by atoms with E-state index >= 15 is 0 Å². The number of rotatable bonds is 2. The minimum Gasteiger partial charge on any atom is -0.340 e. The number of nitrogens with two attached hydrogens (primary N) is 1. The predicted molar refractivity (Wildman–Crippen MR) is 82.7 cm³/mol. The van der Waals surface area contributed by atoms with E-state index in [1.165, 1.54) is 32.1 Å². The second kappa shape index (κ2) is 5.54. The Kier molecular flexibility index (Phi) is 3.70. The first-order valence-corrected chi connectivity index (χ1v) is 9.01. The highest BCUT2D eigenvalue weighted by Crippen LogP contribution is 2.42. The molecule has 2 N–H and O–H groups in total. The minimum absolute atomic E-state index is 0.271. The van der Waals surface area contributed by atoms with Gasteiger partial charge in [0.25, 0.3) is 0 Å². The Bertz CT molecular complexity index is 387. The van der Waals surface area contributed by atoms with Crippen LogP contribution in [-0.2, 0) is 4.79 Å². The van der Waals surface area contributed by atoms with Gasteiger partial charge in [-0.25, -0.2) is 0 Å². The van der Waals surface area contributed by atoms with Gasteiger partial charge in [0.15, 0.2) is 0 Å². The van der Waals surface area contributed by atoms with Crippen LogP contribution in [0.5, 0.6) is 0 Å². The molecule has 0 aromatic heterocycles. The molecule has 0 aromatic rings. The summed E-state index contributed by atoms with van der Waals surface area (Å²) in [6, 6.07) is 1.21. The van der Waals surface area contributed by atoms with Gasteiger partial charge in [-0.15, -0.1) is 0 Å². The average molecular weight is 291 g/mol. The van der Waals surface area contributed by atoms with Gasteiger partial charge in [0, 0.05) is 44.2 Å². The molecule has 0 radical (unpaired) electrons. The summed E-state index contributed by atoms with van der Waals surface area (Å²) in [6.45, 7) is 4.09. The topological polar surface area (TPSA) is 49.6 Å². The molecule has 0 aromatic carbocycles. The van der Waals surface area contributed by atoms with Crippen molar-refractivity contribution in [3.8, 4) is 0 Å².